The molecule has 0 saturated carbocycles. The zero-order valence-corrected chi connectivity index (χ0v) is 13.6. The number of hydrogen-bond acceptors (Lipinski definition) is 9. The van der Waals surface area contributed by atoms with Gasteiger partial charge in [-0.25, -0.2) is 9.97 Å². The minimum absolute atomic E-state index is 0.0617. The largest absolute Gasteiger partial charge is 0.480 e. The van der Waals surface area contributed by atoms with Crippen LogP contribution in [0.3, 0.4) is 0 Å². The number of carbonyl (C=O) groups is 2. The molecular formula is C13H12N4O4S2. The van der Waals surface area contributed by atoms with Crippen molar-refractivity contribution in [2.75, 3.05) is 30.8 Å². The van der Waals surface area contributed by atoms with E-state index in [2.05, 4.69) is 25.3 Å². The Morgan fingerprint density at radius 3 is 2.17 bits per heavy atom. The number of nitrogens with one attached hydrogen (secondary N) is 2. The van der Waals surface area contributed by atoms with Crippen LogP contribution in [0.25, 0.3) is 20.4 Å². The van der Waals surface area contributed by atoms with E-state index in [1.165, 1.54) is 29.8 Å². The number of ether oxygens (including phenoxy) is 1. The van der Waals surface area contributed by atoms with Gasteiger partial charge in [-0.15, -0.1) is 0 Å². The summed E-state index contributed by atoms with van der Waals surface area (Å²) in [5.41, 5.74) is 1.52. The third-order valence-electron chi connectivity index (χ3n) is 2.90. The Morgan fingerprint density at radius 2 is 1.65 bits per heavy atom. The molecule has 0 saturated heterocycles. The minimum atomic E-state index is -0.937. The molecule has 2 heterocycles. The van der Waals surface area contributed by atoms with Crippen molar-refractivity contribution in [3.05, 3.63) is 12.1 Å². The third-order valence-corrected chi connectivity index (χ3v) is 4.85. The summed E-state index contributed by atoms with van der Waals surface area (Å²) in [5, 5.41) is 15.5. The molecule has 0 amide bonds. The van der Waals surface area contributed by atoms with Gasteiger partial charge in [0.05, 0.1) is 27.5 Å². The average Bonchev–Trinajstić information content (AvgIpc) is 3.09. The molecule has 1 aromatic carbocycles. The maximum atomic E-state index is 11.1. The van der Waals surface area contributed by atoms with Crippen molar-refractivity contribution in [2.24, 2.45) is 0 Å². The zero-order valence-electron chi connectivity index (χ0n) is 12.0. The lowest BCUT2D eigenvalue weighted by molar-refractivity contribution is -0.138. The lowest BCUT2D eigenvalue weighted by atomic mass is 10.3. The van der Waals surface area contributed by atoms with Crippen molar-refractivity contribution in [3.63, 3.8) is 0 Å². The number of carbonyl (C=O) groups excluding carboxylic acids is 1. The number of esters is 1. The van der Waals surface area contributed by atoms with E-state index >= 15 is 0 Å². The average molecular weight is 352 g/mol. The predicted octanol–water partition coefficient (Wildman–Crippen LogP) is 1.99. The second kappa shape index (κ2) is 6.34. The summed E-state index contributed by atoms with van der Waals surface area (Å²) in [5.74, 6) is -1.30. The number of methoxy groups -OCH3 is 1. The molecule has 120 valence electrons. The maximum absolute atomic E-state index is 11.1. The standard InChI is InChI=1S/C13H12N4O4S2/c1-21-11(20)5-15-13-17-7-2-6-8(3-9(7)23-13)22-12(16-6)14-4-10(18)19/h2-3H,4-5H2,1H3,(H,14,16)(H,15,17)(H,18,19). The first kappa shape index (κ1) is 15.4. The fraction of sp³-hybridized carbons (Fsp3) is 0.231. The predicted molar refractivity (Wildman–Crippen MR) is 89.4 cm³/mol. The van der Waals surface area contributed by atoms with Crippen molar-refractivity contribution in [3.8, 4) is 0 Å². The molecule has 3 rings (SSSR count). The van der Waals surface area contributed by atoms with Crippen LogP contribution >= 0.6 is 22.7 Å². The zero-order chi connectivity index (χ0) is 16.4. The van der Waals surface area contributed by atoms with Crippen molar-refractivity contribution in [2.45, 2.75) is 0 Å². The van der Waals surface area contributed by atoms with Crippen LogP contribution in [0.4, 0.5) is 10.3 Å². The minimum Gasteiger partial charge on any atom is -0.480 e. The summed E-state index contributed by atoms with van der Waals surface area (Å²) in [6.07, 6.45) is 0. The van der Waals surface area contributed by atoms with E-state index < -0.39 is 5.97 Å². The van der Waals surface area contributed by atoms with Gasteiger partial charge in [0.1, 0.15) is 13.1 Å². The van der Waals surface area contributed by atoms with Crippen LogP contribution in [0.15, 0.2) is 12.1 Å². The van der Waals surface area contributed by atoms with Gasteiger partial charge in [-0.2, -0.15) is 0 Å². The molecule has 10 heteroatoms. The highest BCUT2D eigenvalue weighted by molar-refractivity contribution is 7.24. The maximum Gasteiger partial charge on any atom is 0.325 e. The topological polar surface area (TPSA) is 113 Å². The van der Waals surface area contributed by atoms with Gasteiger partial charge in [0.2, 0.25) is 0 Å². The highest BCUT2D eigenvalue weighted by Crippen LogP contribution is 2.33. The highest BCUT2D eigenvalue weighted by atomic mass is 32.1. The first-order valence-electron chi connectivity index (χ1n) is 6.52. The molecule has 0 bridgehead atoms. The van der Waals surface area contributed by atoms with Crippen molar-refractivity contribution < 1.29 is 19.4 Å². The van der Waals surface area contributed by atoms with Crippen LogP contribution in [0.2, 0.25) is 0 Å². The highest BCUT2D eigenvalue weighted by Gasteiger charge is 2.11. The van der Waals surface area contributed by atoms with Gasteiger partial charge in [-0.3, -0.25) is 9.59 Å². The summed E-state index contributed by atoms with van der Waals surface area (Å²) in [7, 11) is 1.33. The Kier molecular flexibility index (Phi) is 4.26. The molecule has 2 aromatic heterocycles. The molecule has 8 nitrogen and oxygen atoms in total. The number of hydrogen-bond donors (Lipinski definition) is 3. The first-order valence-corrected chi connectivity index (χ1v) is 8.16. The quantitative estimate of drug-likeness (QED) is 0.577. The lowest BCUT2D eigenvalue weighted by Crippen LogP contribution is -2.14. The van der Waals surface area contributed by atoms with E-state index in [1.54, 1.807) is 0 Å². The molecule has 0 atom stereocenters. The molecule has 3 aromatic rings. The molecule has 0 unspecified atom stereocenters. The Hall–Kier alpha value is -2.46. The van der Waals surface area contributed by atoms with Crippen molar-refractivity contribution >= 4 is 65.3 Å². The van der Waals surface area contributed by atoms with Crippen LogP contribution in [0.5, 0.6) is 0 Å². The number of anilines is 2. The van der Waals surface area contributed by atoms with E-state index in [9.17, 15) is 9.59 Å². The number of aromatic nitrogens is 2. The van der Waals surface area contributed by atoms with E-state index in [0.29, 0.717) is 10.3 Å². The number of benzene rings is 1. The Bertz CT molecular complexity index is 838. The SMILES string of the molecule is COC(=O)CNc1nc2cc3nc(NCC(=O)O)sc3cc2s1. The Morgan fingerprint density at radius 1 is 1.09 bits per heavy atom. The van der Waals surface area contributed by atoms with E-state index in [0.717, 1.165) is 20.4 Å². The van der Waals surface area contributed by atoms with Gasteiger partial charge >= 0.3 is 11.9 Å². The molecule has 0 aliphatic heterocycles. The Labute approximate surface area is 138 Å². The molecule has 0 spiro atoms. The Balaban J connectivity index is 1.83. The molecule has 0 aliphatic carbocycles. The van der Waals surface area contributed by atoms with E-state index in [1.807, 2.05) is 12.1 Å². The van der Waals surface area contributed by atoms with Crippen molar-refractivity contribution in [1.29, 1.82) is 0 Å². The third kappa shape index (κ3) is 3.48. The number of thiazole rings is 2. The smallest absolute Gasteiger partial charge is 0.325 e. The molecule has 0 aliphatic rings. The number of nitrogens with zero attached hydrogens (tertiary/aromatic N) is 2. The van der Waals surface area contributed by atoms with Crippen LogP contribution in [0, 0.1) is 0 Å². The summed E-state index contributed by atoms with van der Waals surface area (Å²) < 4.78 is 6.46. The van der Waals surface area contributed by atoms with E-state index in [-0.39, 0.29) is 19.1 Å². The molecule has 23 heavy (non-hydrogen) atoms. The molecule has 0 fully saturated rings. The first-order chi connectivity index (χ1) is 11.0. The second-order valence-corrected chi connectivity index (χ2v) is 6.56. The summed E-state index contributed by atoms with van der Waals surface area (Å²) in [6.45, 7) is -0.111. The van der Waals surface area contributed by atoms with Gasteiger partial charge < -0.3 is 20.5 Å². The van der Waals surface area contributed by atoms with Crippen LogP contribution in [0.1, 0.15) is 0 Å². The van der Waals surface area contributed by atoms with Crippen LogP contribution in [-0.4, -0.2) is 47.2 Å². The van der Waals surface area contributed by atoms with Gasteiger partial charge in [-0.1, -0.05) is 22.7 Å². The number of aliphatic carboxylic acids is 1. The number of carboxylic acid groups (broad SMARTS) is 1. The van der Waals surface area contributed by atoms with Gasteiger partial charge in [-0.05, 0) is 12.1 Å². The summed E-state index contributed by atoms with van der Waals surface area (Å²) in [4.78, 5) is 30.5. The van der Waals surface area contributed by atoms with Crippen LogP contribution in [-0.2, 0) is 14.3 Å². The number of rotatable bonds is 6. The fourth-order valence-electron chi connectivity index (χ4n) is 1.87. The molecular weight excluding hydrogens is 340 g/mol. The van der Waals surface area contributed by atoms with Gasteiger partial charge in [0, 0.05) is 0 Å². The number of fused-ring (bicyclic) bond motifs is 2. The monoisotopic (exact) mass is 352 g/mol. The normalized spacial score (nSPS) is 10.8. The molecule has 0 radical (unpaired) electrons. The fourth-order valence-corrected chi connectivity index (χ4v) is 3.71. The van der Waals surface area contributed by atoms with Crippen LogP contribution < -0.4 is 10.6 Å². The van der Waals surface area contributed by atoms with Gasteiger partial charge in [0.15, 0.2) is 10.3 Å². The second-order valence-electron chi connectivity index (χ2n) is 4.50. The summed E-state index contributed by atoms with van der Waals surface area (Å²) >= 11 is 2.81. The lowest BCUT2D eigenvalue weighted by Gasteiger charge is -1.98. The van der Waals surface area contributed by atoms with Gasteiger partial charge in [0.25, 0.3) is 0 Å². The van der Waals surface area contributed by atoms with E-state index in [4.69, 9.17) is 5.11 Å². The number of carboxylic acids is 1. The summed E-state index contributed by atoms with van der Waals surface area (Å²) in [6, 6.07) is 3.79. The van der Waals surface area contributed by atoms with Crippen molar-refractivity contribution in [1.82, 2.24) is 9.97 Å². The molecule has 3 N–H and O–H groups in total.